The minimum Gasteiger partial charge on any atom is -0.484 e. The van der Waals surface area contributed by atoms with Crippen LogP contribution in [0.3, 0.4) is 0 Å². The summed E-state index contributed by atoms with van der Waals surface area (Å²) in [7, 11) is 0. The van der Waals surface area contributed by atoms with Crippen LogP contribution in [-0.4, -0.2) is 24.2 Å². The van der Waals surface area contributed by atoms with E-state index in [1.54, 1.807) is 12.1 Å². The first-order chi connectivity index (χ1) is 10.3. The van der Waals surface area contributed by atoms with Gasteiger partial charge in [-0.05, 0) is 29.7 Å². The maximum absolute atomic E-state index is 11.7. The molecule has 0 saturated heterocycles. The van der Waals surface area contributed by atoms with Crippen molar-refractivity contribution in [2.75, 3.05) is 13.2 Å². The van der Waals surface area contributed by atoms with Crippen LogP contribution in [0, 0.1) is 0 Å². The second kappa shape index (κ2) is 8.07. The summed E-state index contributed by atoms with van der Waals surface area (Å²) in [6, 6.07) is 17.1. The molecule has 2 aromatic carbocycles. The number of benzene rings is 2. The van der Waals surface area contributed by atoms with Crippen LogP contribution >= 0.6 is 0 Å². The van der Waals surface area contributed by atoms with E-state index in [9.17, 15) is 4.79 Å². The molecule has 0 spiro atoms. The van der Waals surface area contributed by atoms with Crippen LogP contribution in [0.5, 0.6) is 5.75 Å². The molecule has 0 aromatic heterocycles. The lowest BCUT2D eigenvalue weighted by Crippen LogP contribution is -2.28. The fourth-order valence-corrected chi connectivity index (χ4v) is 1.88. The van der Waals surface area contributed by atoms with Gasteiger partial charge in [-0.1, -0.05) is 42.5 Å². The van der Waals surface area contributed by atoms with E-state index >= 15 is 0 Å². The molecule has 4 heteroatoms. The third-order valence-electron chi connectivity index (χ3n) is 3.03. The second-order valence-electron chi connectivity index (χ2n) is 4.67. The van der Waals surface area contributed by atoms with E-state index in [-0.39, 0.29) is 19.1 Å². The van der Waals surface area contributed by atoms with Crippen molar-refractivity contribution >= 4 is 5.91 Å². The molecule has 0 aliphatic heterocycles. The van der Waals surface area contributed by atoms with Crippen molar-refractivity contribution in [2.24, 2.45) is 0 Å². The Kier molecular flexibility index (Phi) is 5.79. The monoisotopic (exact) mass is 285 g/mol. The van der Waals surface area contributed by atoms with Gasteiger partial charge in [0.2, 0.25) is 0 Å². The highest BCUT2D eigenvalue weighted by molar-refractivity contribution is 5.77. The Balaban J connectivity index is 1.73. The molecule has 0 unspecified atom stereocenters. The number of aliphatic hydroxyl groups is 1. The molecule has 0 bridgehead atoms. The van der Waals surface area contributed by atoms with E-state index in [2.05, 4.69) is 5.32 Å². The van der Waals surface area contributed by atoms with Crippen LogP contribution in [0.25, 0.3) is 0 Å². The van der Waals surface area contributed by atoms with Gasteiger partial charge in [-0.25, -0.2) is 0 Å². The molecule has 2 N–H and O–H groups in total. The number of hydrogen-bond donors (Lipinski definition) is 2. The summed E-state index contributed by atoms with van der Waals surface area (Å²) in [5.41, 5.74) is 2.09. The van der Waals surface area contributed by atoms with Gasteiger partial charge in [0.15, 0.2) is 6.61 Å². The lowest BCUT2D eigenvalue weighted by atomic mass is 10.1. The number of rotatable bonds is 7. The zero-order valence-electron chi connectivity index (χ0n) is 11.8. The van der Waals surface area contributed by atoms with E-state index in [0.717, 1.165) is 11.1 Å². The summed E-state index contributed by atoms with van der Waals surface area (Å²) < 4.78 is 5.41. The fourth-order valence-electron chi connectivity index (χ4n) is 1.88. The first-order valence-corrected chi connectivity index (χ1v) is 6.91. The van der Waals surface area contributed by atoms with E-state index in [1.165, 1.54) is 0 Å². The van der Waals surface area contributed by atoms with Crippen molar-refractivity contribution in [1.82, 2.24) is 5.32 Å². The van der Waals surface area contributed by atoms with Crippen LogP contribution in [0.2, 0.25) is 0 Å². The molecule has 0 heterocycles. The zero-order valence-corrected chi connectivity index (χ0v) is 11.8. The van der Waals surface area contributed by atoms with Crippen LogP contribution in [0.4, 0.5) is 0 Å². The van der Waals surface area contributed by atoms with Gasteiger partial charge < -0.3 is 15.2 Å². The topological polar surface area (TPSA) is 58.6 Å². The molecular formula is C17H19NO3. The van der Waals surface area contributed by atoms with Crippen LogP contribution in [0.1, 0.15) is 11.1 Å². The standard InChI is InChI=1S/C17H19NO3/c19-11-10-14-6-8-16(9-7-14)21-13-17(20)18-12-15-4-2-1-3-5-15/h1-9,19H,10-13H2,(H,18,20). The normalized spacial score (nSPS) is 10.1. The predicted octanol–water partition coefficient (Wildman–Crippen LogP) is 1.92. The predicted molar refractivity (Wildman–Crippen MR) is 81.0 cm³/mol. The number of ether oxygens (including phenoxy) is 1. The maximum Gasteiger partial charge on any atom is 0.258 e. The molecule has 21 heavy (non-hydrogen) atoms. The number of amides is 1. The highest BCUT2D eigenvalue weighted by Crippen LogP contribution is 2.12. The van der Waals surface area contributed by atoms with Gasteiger partial charge >= 0.3 is 0 Å². The van der Waals surface area contributed by atoms with Crippen molar-refractivity contribution in [2.45, 2.75) is 13.0 Å². The Labute approximate surface area is 124 Å². The maximum atomic E-state index is 11.7. The number of aliphatic hydroxyl groups excluding tert-OH is 1. The molecular weight excluding hydrogens is 266 g/mol. The number of carbonyl (C=O) groups excluding carboxylic acids is 1. The summed E-state index contributed by atoms with van der Waals surface area (Å²) >= 11 is 0. The first-order valence-electron chi connectivity index (χ1n) is 6.91. The summed E-state index contributed by atoms with van der Waals surface area (Å²) in [5, 5.41) is 11.6. The van der Waals surface area contributed by atoms with Crippen LogP contribution in [0.15, 0.2) is 54.6 Å². The molecule has 110 valence electrons. The van der Waals surface area contributed by atoms with Gasteiger partial charge in [0.25, 0.3) is 5.91 Å². The Hall–Kier alpha value is -2.33. The van der Waals surface area contributed by atoms with Gasteiger partial charge in [0.05, 0.1) is 0 Å². The summed E-state index contributed by atoms with van der Waals surface area (Å²) in [5.74, 6) is 0.491. The quantitative estimate of drug-likeness (QED) is 0.817. The van der Waals surface area contributed by atoms with Crippen molar-refractivity contribution < 1.29 is 14.6 Å². The molecule has 0 saturated carbocycles. The fraction of sp³-hybridized carbons (Fsp3) is 0.235. The van der Waals surface area contributed by atoms with Crippen LogP contribution in [-0.2, 0) is 17.8 Å². The summed E-state index contributed by atoms with van der Waals surface area (Å²) in [6.07, 6.45) is 0.623. The molecule has 0 fully saturated rings. The van der Waals surface area contributed by atoms with Crippen LogP contribution < -0.4 is 10.1 Å². The SMILES string of the molecule is O=C(COc1ccc(CCO)cc1)NCc1ccccc1. The summed E-state index contributed by atoms with van der Waals surface area (Å²) in [6.45, 7) is 0.618. The van der Waals surface area contributed by atoms with Gasteiger partial charge in [0.1, 0.15) is 5.75 Å². The Bertz CT molecular complexity index is 552. The Morgan fingerprint density at radius 1 is 1.00 bits per heavy atom. The smallest absolute Gasteiger partial charge is 0.258 e. The number of hydrogen-bond acceptors (Lipinski definition) is 3. The van der Waals surface area contributed by atoms with Gasteiger partial charge in [0, 0.05) is 13.2 Å². The van der Waals surface area contributed by atoms with Crippen molar-refractivity contribution in [3.63, 3.8) is 0 Å². The highest BCUT2D eigenvalue weighted by Gasteiger charge is 2.03. The highest BCUT2D eigenvalue weighted by atomic mass is 16.5. The van der Waals surface area contributed by atoms with Crippen molar-refractivity contribution in [3.8, 4) is 5.75 Å². The second-order valence-corrected chi connectivity index (χ2v) is 4.67. The lowest BCUT2D eigenvalue weighted by Gasteiger charge is -2.08. The van der Waals surface area contributed by atoms with Gasteiger partial charge in [-0.3, -0.25) is 4.79 Å². The zero-order chi connectivity index (χ0) is 14.9. The largest absolute Gasteiger partial charge is 0.484 e. The molecule has 2 rings (SSSR count). The average Bonchev–Trinajstić information content (AvgIpc) is 2.53. The molecule has 4 nitrogen and oxygen atoms in total. The average molecular weight is 285 g/mol. The van der Waals surface area contributed by atoms with E-state index < -0.39 is 0 Å². The number of carbonyl (C=O) groups is 1. The minimum absolute atomic E-state index is 0.00776. The molecule has 2 aromatic rings. The summed E-state index contributed by atoms with van der Waals surface area (Å²) in [4.78, 5) is 11.7. The molecule has 1 amide bonds. The van der Waals surface area contributed by atoms with Gasteiger partial charge in [-0.2, -0.15) is 0 Å². The molecule has 0 aliphatic rings. The molecule has 0 radical (unpaired) electrons. The van der Waals surface area contributed by atoms with E-state index in [4.69, 9.17) is 9.84 Å². The lowest BCUT2D eigenvalue weighted by molar-refractivity contribution is -0.123. The van der Waals surface area contributed by atoms with E-state index in [1.807, 2.05) is 42.5 Å². The third-order valence-corrected chi connectivity index (χ3v) is 3.03. The molecule has 0 atom stereocenters. The first kappa shape index (κ1) is 15.1. The third kappa shape index (κ3) is 5.28. The van der Waals surface area contributed by atoms with Crippen molar-refractivity contribution in [3.05, 3.63) is 65.7 Å². The van der Waals surface area contributed by atoms with Gasteiger partial charge in [-0.15, -0.1) is 0 Å². The number of nitrogens with one attached hydrogen (secondary N) is 1. The van der Waals surface area contributed by atoms with Crippen molar-refractivity contribution in [1.29, 1.82) is 0 Å². The van der Waals surface area contributed by atoms with E-state index in [0.29, 0.717) is 18.7 Å². The minimum atomic E-state index is -0.154. The Morgan fingerprint density at radius 2 is 1.71 bits per heavy atom. The Morgan fingerprint density at radius 3 is 2.38 bits per heavy atom. The molecule has 0 aliphatic carbocycles.